The molecule has 0 bridgehead atoms. The average Bonchev–Trinajstić information content (AvgIpc) is 3.14. The lowest BCUT2D eigenvalue weighted by atomic mass is 9.97. The minimum Gasteiger partial charge on any atom is -0.478 e. The Kier molecular flexibility index (Phi) is 5.72. The quantitative estimate of drug-likeness (QED) is 0.595. The molecule has 4 heterocycles. The molecule has 2 aliphatic rings. The molecule has 8 nitrogen and oxygen atoms in total. The molecule has 34 heavy (non-hydrogen) atoms. The molecular formula is C26H32N4O4. The van der Waals surface area contributed by atoms with Gasteiger partial charge < -0.3 is 20.0 Å². The van der Waals surface area contributed by atoms with Crippen LogP contribution in [0.15, 0.2) is 12.1 Å². The Morgan fingerprint density at radius 2 is 1.56 bits per heavy atom. The van der Waals surface area contributed by atoms with Gasteiger partial charge in [0.2, 0.25) is 0 Å². The second kappa shape index (κ2) is 8.58. The minimum absolute atomic E-state index is 0.193. The summed E-state index contributed by atoms with van der Waals surface area (Å²) >= 11 is 0. The zero-order valence-electron chi connectivity index (χ0n) is 20.1. The highest BCUT2D eigenvalue weighted by Gasteiger charge is 2.32. The first-order valence-electron chi connectivity index (χ1n) is 12.2. The lowest BCUT2D eigenvalue weighted by molar-refractivity contribution is 0.0653. The second-order valence-corrected chi connectivity index (χ2v) is 9.77. The highest BCUT2D eigenvalue weighted by molar-refractivity contribution is 6.16. The van der Waals surface area contributed by atoms with Gasteiger partial charge in [0.1, 0.15) is 5.56 Å². The number of aromatic carboxylic acids is 2. The Morgan fingerprint density at radius 1 is 0.912 bits per heavy atom. The van der Waals surface area contributed by atoms with Crippen molar-refractivity contribution < 1.29 is 19.8 Å². The standard InChI is InChI=1S/C26H32N4O4/c1-15-7-8-19-20(16(15)2)24(29-13-9-18(10-14-29)28-11-5-4-6-12-28)27-30-17(3)21(25(31)32)22(23(19)30)26(33)34/h7-8,18H,4-6,9-14H2,1-3H3,(H,31,32)(H,33,34). The zero-order chi connectivity index (χ0) is 24.1. The number of anilines is 1. The Labute approximate surface area is 198 Å². The van der Waals surface area contributed by atoms with Crippen molar-refractivity contribution in [2.24, 2.45) is 0 Å². The molecule has 0 unspecified atom stereocenters. The SMILES string of the molecule is Cc1ccc2c(c(N3CCC(N4CCCCC4)CC3)nn3c(C)c(C(=O)O)c(C(=O)O)c23)c1C. The fraction of sp³-hybridized carbons (Fsp3) is 0.500. The van der Waals surface area contributed by atoms with Crippen LogP contribution in [0, 0.1) is 20.8 Å². The first-order valence-corrected chi connectivity index (χ1v) is 12.2. The van der Waals surface area contributed by atoms with Crippen molar-refractivity contribution in [3.8, 4) is 0 Å². The summed E-state index contributed by atoms with van der Waals surface area (Å²) < 4.78 is 1.54. The van der Waals surface area contributed by atoms with Gasteiger partial charge in [-0.2, -0.15) is 0 Å². The predicted molar refractivity (Wildman–Crippen MR) is 131 cm³/mol. The van der Waals surface area contributed by atoms with Crippen LogP contribution in [0.2, 0.25) is 0 Å². The summed E-state index contributed by atoms with van der Waals surface area (Å²) in [5.41, 5.74) is 2.45. The third-order valence-corrected chi connectivity index (χ3v) is 7.89. The van der Waals surface area contributed by atoms with E-state index in [1.54, 1.807) is 6.92 Å². The van der Waals surface area contributed by atoms with E-state index in [-0.39, 0.29) is 11.1 Å². The number of rotatable bonds is 4. The molecule has 2 fully saturated rings. The van der Waals surface area contributed by atoms with Crippen LogP contribution in [0.25, 0.3) is 16.3 Å². The molecule has 0 radical (unpaired) electrons. The van der Waals surface area contributed by atoms with Crippen LogP contribution in [0.3, 0.4) is 0 Å². The van der Waals surface area contributed by atoms with Crippen molar-refractivity contribution in [2.75, 3.05) is 31.1 Å². The molecular weight excluding hydrogens is 432 g/mol. The topological polar surface area (TPSA) is 98.4 Å². The van der Waals surface area contributed by atoms with Crippen molar-refractivity contribution in [1.29, 1.82) is 0 Å². The molecule has 1 aromatic carbocycles. The van der Waals surface area contributed by atoms with E-state index in [1.807, 2.05) is 26.0 Å². The fourth-order valence-electron chi connectivity index (χ4n) is 5.92. The normalized spacial score (nSPS) is 18.1. The van der Waals surface area contributed by atoms with E-state index in [2.05, 4.69) is 9.80 Å². The monoisotopic (exact) mass is 464 g/mol. The van der Waals surface area contributed by atoms with Crippen LogP contribution >= 0.6 is 0 Å². The van der Waals surface area contributed by atoms with Gasteiger partial charge >= 0.3 is 11.9 Å². The smallest absolute Gasteiger partial charge is 0.338 e. The molecule has 0 amide bonds. The molecule has 180 valence electrons. The van der Waals surface area contributed by atoms with Crippen LogP contribution in [0.5, 0.6) is 0 Å². The number of carboxylic acids is 2. The third-order valence-electron chi connectivity index (χ3n) is 7.89. The van der Waals surface area contributed by atoms with Gasteiger partial charge in [-0.1, -0.05) is 18.6 Å². The summed E-state index contributed by atoms with van der Waals surface area (Å²) in [6, 6.07) is 4.48. The summed E-state index contributed by atoms with van der Waals surface area (Å²) in [5, 5.41) is 26.3. The van der Waals surface area contributed by atoms with Crippen LogP contribution in [-0.4, -0.2) is 68.9 Å². The number of aromatic nitrogens is 2. The van der Waals surface area contributed by atoms with Crippen molar-refractivity contribution in [3.63, 3.8) is 0 Å². The van der Waals surface area contributed by atoms with Crippen LogP contribution in [0.4, 0.5) is 5.82 Å². The Morgan fingerprint density at radius 3 is 2.18 bits per heavy atom. The van der Waals surface area contributed by atoms with Gasteiger partial charge in [-0.25, -0.2) is 14.1 Å². The molecule has 2 aromatic heterocycles. The summed E-state index contributed by atoms with van der Waals surface area (Å²) in [6.07, 6.45) is 6.03. The van der Waals surface area contributed by atoms with Crippen molar-refractivity contribution in [2.45, 2.75) is 58.9 Å². The van der Waals surface area contributed by atoms with E-state index in [1.165, 1.54) is 36.9 Å². The van der Waals surface area contributed by atoms with E-state index < -0.39 is 11.9 Å². The fourth-order valence-corrected chi connectivity index (χ4v) is 5.92. The van der Waals surface area contributed by atoms with Gasteiger partial charge in [-0.05, 0) is 70.7 Å². The van der Waals surface area contributed by atoms with Gasteiger partial charge in [0.05, 0.1) is 16.8 Å². The van der Waals surface area contributed by atoms with Gasteiger partial charge in [0, 0.05) is 29.9 Å². The van der Waals surface area contributed by atoms with E-state index >= 15 is 0 Å². The van der Waals surface area contributed by atoms with Crippen molar-refractivity contribution in [3.05, 3.63) is 40.1 Å². The summed E-state index contributed by atoms with van der Waals surface area (Å²) in [6.45, 7) is 9.84. The number of fused-ring (bicyclic) bond motifs is 3. The first kappa shape index (κ1) is 22.7. The van der Waals surface area contributed by atoms with E-state index in [0.717, 1.165) is 53.6 Å². The lowest BCUT2D eigenvalue weighted by Crippen LogP contribution is -2.47. The van der Waals surface area contributed by atoms with Crippen LogP contribution in [0.1, 0.15) is 69.6 Å². The molecule has 0 aliphatic carbocycles. The molecule has 3 aromatic rings. The van der Waals surface area contributed by atoms with Gasteiger partial charge in [0.15, 0.2) is 5.82 Å². The number of nitrogens with zero attached hydrogens (tertiary/aromatic N) is 4. The van der Waals surface area contributed by atoms with Gasteiger partial charge in [-0.3, -0.25) is 0 Å². The minimum atomic E-state index is -1.25. The number of aryl methyl sites for hydroxylation is 3. The molecule has 0 saturated carbocycles. The lowest BCUT2D eigenvalue weighted by Gasteiger charge is -2.40. The number of likely N-dealkylation sites (tertiary alicyclic amines) is 1. The first-order chi connectivity index (χ1) is 16.3. The molecule has 2 saturated heterocycles. The Hall–Kier alpha value is -3.13. The third kappa shape index (κ3) is 3.52. The number of piperidine rings is 2. The average molecular weight is 465 g/mol. The van der Waals surface area contributed by atoms with Crippen molar-refractivity contribution >= 4 is 34.0 Å². The highest BCUT2D eigenvalue weighted by atomic mass is 16.4. The zero-order valence-corrected chi connectivity index (χ0v) is 20.1. The Bertz CT molecular complexity index is 1300. The van der Waals surface area contributed by atoms with Gasteiger partial charge in [0.25, 0.3) is 0 Å². The summed E-state index contributed by atoms with van der Waals surface area (Å²) in [5.74, 6) is -1.69. The van der Waals surface area contributed by atoms with E-state index in [0.29, 0.717) is 17.3 Å². The number of benzene rings is 1. The number of carbonyl (C=O) groups is 2. The molecule has 0 spiro atoms. The largest absolute Gasteiger partial charge is 0.478 e. The number of hydrogen-bond acceptors (Lipinski definition) is 5. The second-order valence-electron chi connectivity index (χ2n) is 9.77. The maximum Gasteiger partial charge on any atom is 0.338 e. The highest BCUT2D eigenvalue weighted by Crippen LogP contribution is 2.37. The molecule has 2 aliphatic heterocycles. The van der Waals surface area contributed by atoms with E-state index in [9.17, 15) is 19.8 Å². The number of hydrogen-bond donors (Lipinski definition) is 2. The van der Waals surface area contributed by atoms with Crippen LogP contribution < -0.4 is 4.90 Å². The van der Waals surface area contributed by atoms with Crippen LogP contribution in [-0.2, 0) is 0 Å². The molecule has 8 heteroatoms. The number of carboxylic acid groups (broad SMARTS) is 2. The molecule has 2 N–H and O–H groups in total. The maximum atomic E-state index is 12.2. The molecule has 0 atom stereocenters. The summed E-state index contributed by atoms with van der Waals surface area (Å²) in [4.78, 5) is 29.2. The molecule has 5 rings (SSSR count). The predicted octanol–water partition coefficient (Wildman–Crippen LogP) is 4.26. The van der Waals surface area contributed by atoms with E-state index in [4.69, 9.17) is 5.10 Å². The van der Waals surface area contributed by atoms with Gasteiger partial charge in [-0.15, -0.1) is 5.10 Å². The summed E-state index contributed by atoms with van der Waals surface area (Å²) in [7, 11) is 0. The Balaban J connectivity index is 1.66. The van der Waals surface area contributed by atoms with Crippen molar-refractivity contribution in [1.82, 2.24) is 14.5 Å². The maximum absolute atomic E-state index is 12.2.